The number of halogens is 1. The summed E-state index contributed by atoms with van der Waals surface area (Å²) in [6.07, 6.45) is 9.84. The zero-order chi connectivity index (χ0) is 30.7. The number of hydrogen-bond donors (Lipinski definition) is 0. The van der Waals surface area contributed by atoms with Crippen LogP contribution in [-0.2, 0) is 25.7 Å². The van der Waals surface area contributed by atoms with Crippen molar-refractivity contribution in [1.29, 1.82) is 0 Å². The van der Waals surface area contributed by atoms with Gasteiger partial charge in [0.15, 0.2) is 0 Å². The molecule has 0 unspecified atom stereocenters. The minimum absolute atomic E-state index is 0. The summed E-state index contributed by atoms with van der Waals surface area (Å²) in [5.41, 5.74) is 9.54. The van der Waals surface area contributed by atoms with Crippen molar-refractivity contribution < 1.29 is 24.0 Å². The molecule has 2 aliphatic carbocycles. The number of rotatable bonds is 7. The van der Waals surface area contributed by atoms with Gasteiger partial charge in [0.1, 0.15) is 0 Å². The van der Waals surface area contributed by atoms with Crippen LogP contribution in [0.2, 0.25) is 0 Å². The van der Waals surface area contributed by atoms with Crippen LogP contribution in [0.4, 0.5) is 0 Å². The molecule has 0 nitrogen and oxygen atoms in total. The highest BCUT2D eigenvalue weighted by Crippen LogP contribution is 2.46. The van der Waals surface area contributed by atoms with E-state index in [1.165, 1.54) is 83.2 Å². The van der Waals surface area contributed by atoms with Crippen molar-refractivity contribution in [2.24, 2.45) is 0 Å². The fourth-order valence-electron chi connectivity index (χ4n) is 7.72. The minimum atomic E-state index is -0.752. The molecule has 0 aliphatic heterocycles. The van der Waals surface area contributed by atoms with Gasteiger partial charge in [-0.2, -0.15) is 0 Å². The standard InChI is InChI=1S/C44H40P2.HI/c1-5-19-35(20-6-1)45(36-21-7-2-8-22-36)41-31-29-33-17-13-15-27-39(33)43(41)44-40-28-16-14-18-34(40)30-32-42(44)46(37-23-9-3-10-24-37)38-25-11-4-12-26-38;/h1-12,19-26,29-32H,13-18,27-28H2;1H/p-1. The number of benzene rings is 6. The van der Waals surface area contributed by atoms with Crippen molar-refractivity contribution in [3.8, 4) is 11.1 Å². The lowest BCUT2D eigenvalue weighted by Gasteiger charge is -2.33. The normalized spacial score (nSPS) is 13.9. The average Bonchev–Trinajstić information content (AvgIpc) is 3.14. The molecule has 6 aromatic carbocycles. The van der Waals surface area contributed by atoms with Crippen LogP contribution >= 0.6 is 15.8 Å². The lowest BCUT2D eigenvalue weighted by atomic mass is 9.81. The molecule has 8 rings (SSSR count). The minimum Gasteiger partial charge on any atom is -1.00 e. The summed E-state index contributed by atoms with van der Waals surface area (Å²) < 4.78 is 0. The highest BCUT2D eigenvalue weighted by molar-refractivity contribution is 7.80. The molecule has 0 fully saturated rings. The monoisotopic (exact) mass is 757 g/mol. The molecule has 0 amide bonds. The predicted molar refractivity (Wildman–Crippen MR) is 203 cm³/mol. The Labute approximate surface area is 300 Å². The maximum Gasteiger partial charge on any atom is -0.00559 e. The smallest absolute Gasteiger partial charge is 0.00559 e. The van der Waals surface area contributed by atoms with E-state index in [0.717, 1.165) is 0 Å². The predicted octanol–water partition coefficient (Wildman–Crippen LogP) is 5.63. The molecule has 3 heteroatoms. The van der Waals surface area contributed by atoms with Gasteiger partial charge in [0.25, 0.3) is 0 Å². The topological polar surface area (TPSA) is 0 Å². The molecule has 6 aromatic rings. The van der Waals surface area contributed by atoms with E-state index in [0.29, 0.717) is 0 Å². The molecule has 0 atom stereocenters. The van der Waals surface area contributed by atoms with Crippen molar-refractivity contribution in [2.45, 2.75) is 51.4 Å². The van der Waals surface area contributed by atoms with Crippen molar-refractivity contribution in [2.75, 3.05) is 0 Å². The van der Waals surface area contributed by atoms with Gasteiger partial charge in [0.2, 0.25) is 0 Å². The summed E-state index contributed by atoms with van der Waals surface area (Å²) in [6, 6.07) is 55.5. The van der Waals surface area contributed by atoms with Crippen LogP contribution in [0.15, 0.2) is 146 Å². The summed E-state index contributed by atoms with van der Waals surface area (Å²) in [5, 5.41) is 8.79. The Balaban J connectivity index is 0.00000351. The van der Waals surface area contributed by atoms with Crippen LogP contribution in [0.1, 0.15) is 47.9 Å². The average molecular weight is 758 g/mol. The number of hydrogen-bond acceptors (Lipinski definition) is 0. The van der Waals surface area contributed by atoms with Crippen LogP contribution < -0.4 is 55.8 Å². The summed E-state index contributed by atoms with van der Waals surface area (Å²) >= 11 is 0. The zero-order valence-electron chi connectivity index (χ0n) is 26.8. The van der Waals surface area contributed by atoms with E-state index in [4.69, 9.17) is 0 Å². The fourth-order valence-corrected chi connectivity index (χ4v) is 12.7. The van der Waals surface area contributed by atoms with Gasteiger partial charge in [-0.25, -0.2) is 0 Å². The van der Waals surface area contributed by atoms with Crippen molar-refractivity contribution >= 4 is 47.7 Å². The van der Waals surface area contributed by atoms with Gasteiger partial charge in [0, 0.05) is 0 Å². The van der Waals surface area contributed by atoms with Gasteiger partial charge in [-0.1, -0.05) is 146 Å². The molecule has 47 heavy (non-hydrogen) atoms. The molecule has 2 aliphatic rings. The highest BCUT2D eigenvalue weighted by Gasteiger charge is 2.31. The third-order valence-corrected chi connectivity index (χ3v) is 14.8. The van der Waals surface area contributed by atoms with E-state index in [-0.39, 0.29) is 24.0 Å². The molecule has 0 N–H and O–H groups in total. The van der Waals surface area contributed by atoms with Gasteiger partial charge in [0.05, 0.1) is 0 Å². The molecule has 0 aromatic heterocycles. The van der Waals surface area contributed by atoms with E-state index in [1.54, 1.807) is 33.4 Å². The van der Waals surface area contributed by atoms with Crippen molar-refractivity contribution in [1.82, 2.24) is 0 Å². The molecular formula is C44H40IP2-. The Kier molecular flexibility index (Phi) is 10.4. The Morgan fingerprint density at radius 1 is 0.319 bits per heavy atom. The first-order valence-electron chi connectivity index (χ1n) is 17.0. The van der Waals surface area contributed by atoms with E-state index in [1.807, 2.05) is 0 Å². The van der Waals surface area contributed by atoms with E-state index < -0.39 is 15.8 Å². The summed E-state index contributed by atoms with van der Waals surface area (Å²) in [5.74, 6) is 0. The van der Waals surface area contributed by atoms with Crippen LogP contribution in [0.25, 0.3) is 11.1 Å². The zero-order valence-corrected chi connectivity index (χ0v) is 30.7. The largest absolute Gasteiger partial charge is 1.00 e. The Bertz CT molecular complexity index is 1720. The first kappa shape index (κ1) is 32.5. The number of aryl methyl sites for hydroxylation is 2. The summed E-state index contributed by atoms with van der Waals surface area (Å²) in [6.45, 7) is 0. The summed E-state index contributed by atoms with van der Waals surface area (Å²) in [7, 11) is -1.50. The van der Waals surface area contributed by atoms with E-state index in [2.05, 4.69) is 146 Å². The van der Waals surface area contributed by atoms with Crippen LogP contribution in [0.5, 0.6) is 0 Å². The van der Waals surface area contributed by atoms with Crippen molar-refractivity contribution in [3.05, 3.63) is 168 Å². The second-order valence-corrected chi connectivity index (χ2v) is 17.0. The summed E-state index contributed by atoms with van der Waals surface area (Å²) in [4.78, 5) is 0. The molecule has 0 heterocycles. The van der Waals surface area contributed by atoms with Gasteiger partial charge in [-0.15, -0.1) is 0 Å². The van der Waals surface area contributed by atoms with Gasteiger partial charge in [-0.05, 0) is 132 Å². The second-order valence-electron chi connectivity index (χ2n) is 12.6. The second kappa shape index (κ2) is 15.0. The van der Waals surface area contributed by atoms with Gasteiger partial charge < -0.3 is 24.0 Å². The first-order chi connectivity index (χ1) is 22.9. The maximum atomic E-state index is 2.55. The molecule has 234 valence electrons. The SMILES string of the molecule is [I-].c1ccc(P(c2ccccc2)c2ccc3c(c2-c2c(P(c4ccccc4)c4ccccc4)ccc4c2CCCC4)CCCC3)cc1. The lowest BCUT2D eigenvalue weighted by Crippen LogP contribution is -3.00. The molecular weight excluding hydrogens is 717 g/mol. The van der Waals surface area contributed by atoms with E-state index in [9.17, 15) is 0 Å². The van der Waals surface area contributed by atoms with Crippen LogP contribution in [-0.4, -0.2) is 0 Å². The van der Waals surface area contributed by atoms with Gasteiger partial charge in [-0.3, -0.25) is 0 Å². The quantitative estimate of drug-likeness (QED) is 0.147. The molecule has 0 saturated carbocycles. The van der Waals surface area contributed by atoms with Crippen LogP contribution in [0.3, 0.4) is 0 Å². The Morgan fingerprint density at radius 2 is 0.617 bits per heavy atom. The Morgan fingerprint density at radius 3 is 0.936 bits per heavy atom. The molecule has 0 spiro atoms. The molecule has 0 bridgehead atoms. The lowest BCUT2D eigenvalue weighted by molar-refractivity contribution is -0.00000867. The molecule has 0 radical (unpaired) electrons. The third kappa shape index (κ3) is 6.53. The fraction of sp³-hybridized carbons (Fsp3) is 0.182. The number of fused-ring (bicyclic) bond motifs is 2. The first-order valence-corrected chi connectivity index (χ1v) is 19.7. The highest BCUT2D eigenvalue weighted by atomic mass is 127. The van der Waals surface area contributed by atoms with E-state index >= 15 is 0 Å². The maximum absolute atomic E-state index is 2.55. The van der Waals surface area contributed by atoms with Crippen molar-refractivity contribution in [3.63, 3.8) is 0 Å². The Hall–Kier alpha value is -3.09. The van der Waals surface area contributed by atoms with Crippen LogP contribution in [0, 0.1) is 0 Å². The third-order valence-electron chi connectivity index (χ3n) is 9.81. The molecule has 0 saturated heterocycles. The van der Waals surface area contributed by atoms with Gasteiger partial charge >= 0.3 is 0 Å².